The molecule has 0 amide bonds. The van der Waals surface area contributed by atoms with Crippen LogP contribution in [0, 0.1) is 0 Å². The van der Waals surface area contributed by atoms with E-state index in [2.05, 4.69) is 22.3 Å². The van der Waals surface area contributed by atoms with Gasteiger partial charge in [-0.3, -0.25) is 4.90 Å². The van der Waals surface area contributed by atoms with E-state index in [-0.39, 0.29) is 18.4 Å². The van der Waals surface area contributed by atoms with Crippen molar-refractivity contribution in [3.05, 3.63) is 35.9 Å². The van der Waals surface area contributed by atoms with Crippen LogP contribution in [0.25, 0.3) is 0 Å². The first kappa shape index (κ1) is 16.4. The first-order chi connectivity index (χ1) is 10.2. The molecule has 118 valence electrons. The van der Waals surface area contributed by atoms with Gasteiger partial charge in [0.1, 0.15) is 0 Å². The third-order valence-corrected chi connectivity index (χ3v) is 3.95. The fourth-order valence-corrected chi connectivity index (χ4v) is 2.71. The van der Waals surface area contributed by atoms with Crippen molar-refractivity contribution in [1.82, 2.24) is 10.2 Å². The van der Waals surface area contributed by atoms with E-state index in [0.29, 0.717) is 6.54 Å². The van der Waals surface area contributed by atoms with Crippen LogP contribution in [-0.4, -0.2) is 62.8 Å². The first-order valence-corrected chi connectivity index (χ1v) is 7.47. The molecule has 1 aromatic carbocycles. The second-order valence-electron chi connectivity index (χ2n) is 5.47. The second-order valence-corrected chi connectivity index (χ2v) is 5.47. The van der Waals surface area contributed by atoms with Gasteiger partial charge in [0.05, 0.1) is 6.10 Å². The molecule has 1 heterocycles. The van der Waals surface area contributed by atoms with Gasteiger partial charge in [0.25, 0.3) is 0 Å². The molecule has 2 N–H and O–H groups in total. The van der Waals surface area contributed by atoms with Gasteiger partial charge in [-0.15, -0.1) is 0 Å². The summed E-state index contributed by atoms with van der Waals surface area (Å²) >= 11 is 0. The van der Waals surface area contributed by atoms with Crippen LogP contribution < -0.4 is 5.32 Å². The van der Waals surface area contributed by atoms with Crippen LogP contribution in [-0.2, 0) is 9.47 Å². The summed E-state index contributed by atoms with van der Waals surface area (Å²) in [6, 6.07) is 10.6. The molecule has 5 nitrogen and oxygen atoms in total. The van der Waals surface area contributed by atoms with Crippen molar-refractivity contribution in [1.29, 1.82) is 0 Å². The molecule has 0 aromatic heterocycles. The number of likely N-dealkylation sites (tertiary alicyclic amines) is 1. The van der Waals surface area contributed by atoms with E-state index in [1.807, 2.05) is 18.2 Å². The van der Waals surface area contributed by atoms with E-state index in [9.17, 15) is 5.11 Å². The number of aliphatic hydroxyl groups excluding tert-OH is 1. The monoisotopic (exact) mass is 294 g/mol. The standard InChI is InChI=1S/C16H26N2O3/c1-20-16(21-2)10-17-15(13-6-4-3-5-7-13)12-18-9-8-14(19)11-18/h3-7,14-17,19H,8-12H2,1-2H3/t14-,15?/m0/s1. The maximum absolute atomic E-state index is 9.68. The fraction of sp³-hybridized carbons (Fsp3) is 0.625. The third kappa shape index (κ3) is 5.05. The highest BCUT2D eigenvalue weighted by Crippen LogP contribution is 2.18. The van der Waals surface area contributed by atoms with Crippen LogP contribution >= 0.6 is 0 Å². The molecule has 2 rings (SSSR count). The smallest absolute Gasteiger partial charge is 0.169 e. The van der Waals surface area contributed by atoms with E-state index in [4.69, 9.17) is 9.47 Å². The Bertz CT molecular complexity index is 398. The largest absolute Gasteiger partial charge is 0.392 e. The molecule has 5 heteroatoms. The molecule has 1 fully saturated rings. The van der Waals surface area contributed by atoms with Crippen molar-refractivity contribution in [2.75, 3.05) is 40.4 Å². The zero-order valence-electron chi connectivity index (χ0n) is 12.9. The van der Waals surface area contributed by atoms with Crippen molar-refractivity contribution in [3.8, 4) is 0 Å². The van der Waals surface area contributed by atoms with Gasteiger partial charge in [-0.05, 0) is 12.0 Å². The quantitative estimate of drug-likeness (QED) is 0.701. The van der Waals surface area contributed by atoms with Gasteiger partial charge >= 0.3 is 0 Å². The number of benzene rings is 1. The molecule has 0 saturated carbocycles. The molecule has 0 radical (unpaired) electrons. The Morgan fingerprint density at radius 2 is 2.00 bits per heavy atom. The van der Waals surface area contributed by atoms with Crippen LogP contribution in [0.2, 0.25) is 0 Å². The minimum atomic E-state index is -0.250. The summed E-state index contributed by atoms with van der Waals surface area (Å²) in [5.74, 6) is 0. The summed E-state index contributed by atoms with van der Waals surface area (Å²) in [5.41, 5.74) is 1.24. The zero-order chi connectivity index (χ0) is 15.1. The summed E-state index contributed by atoms with van der Waals surface area (Å²) in [7, 11) is 3.29. The number of hydrogen-bond acceptors (Lipinski definition) is 5. The van der Waals surface area contributed by atoms with Gasteiger partial charge in [-0.25, -0.2) is 0 Å². The lowest BCUT2D eigenvalue weighted by molar-refractivity contribution is -0.100. The predicted molar refractivity (Wildman–Crippen MR) is 82.1 cm³/mol. The summed E-state index contributed by atoms with van der Waals surface area (Å²) < 4.78 is 10.5. The van der Waals surface area contributed by atoms with E-state index >= 15 is 0 Å². The lowest BCUT2D eigenvalue weighted by Crippen LogP contribution is -2.38. The van der Waals surface area contributed by atoms with E-state index in [1.54, 1.807) is 14.2 Å². The van der Waals surface area contributed by atoms with Gasteiger partial charge in [0.15, 0.2) is 6.29 Å². The molecule has 1 aliphatic rings. The van der Waals surface area contributed by atoms with Crippen LogP contribution in [0.3, 0.4) is 0 Å². The van der Waals surface area contributed by atoms with Crippen LogP contribution in [0.5, 0.6) is 0 Å². The summed E-state index contributed by atoms with van der Waals surface area (Å²) in [6.45, 7) is 3.21. The van der Waals surface area contributed by atoms with E-state index in [0.717, 1.165) is 26.1 Å². The predicted octanol–water partition coefficient (Wildman–Crippen LogP) is 1.00. The number of rotatable bonds is 8. The Labute approximate surface area is 126 Å². The highest BCUT2D eigenvalue weighted by Gasteiger charge is 2.24. The Balaban J connectivity index is 1.97. The van der Waals surface area contributed by atoms with Crippen molar-refractivity contribution in [3.63, 3.8) is 0 Å². The van der Waals surface area contributed by atoms with Crippen LogP contribution in [0.4, 0.5) is 0 Å². The molecule has 1 saturated heterocycles. The summed E-state index contributed by atoms with van der Waals surface area (Å²) in [6.07, 6.45) is 0.424. The molecule has 1 aromatic rings. The van der Waals surface area contributed by atoms with Crippen molar-refractivity contribution in [2.24, 2.45) is 0 Å². The average Bonchev–Trinajstić information content (AvgIpc) is 2.93. The summed E-state index contributed by atoms with van der Waals surface area (Å²) in [4.78, 5) is 2.30. The molecular weight excluding hydrogens is 268 g/mol. The van der Waals surface area contributed by atoms with Crippen molar-refractivity contribution in [2.45, 2.75) is 24.9 Å². The molecule has 1 aliphatic heterocycles. The maximum atomic E-state index is 9.68. The van der Waals surface area contributed by atoms with Gasteiger partial charge in [0.2, 0.25) is 0 Å². The Hall–Kier alpha value is -0.980. The maximum Gasteiger partial charge on any atom is 0.169 e. The van der Waals surface area contributed by atoms with Crippen molar-refractivity contribution >= 4 is 0 Å². The lowest BCUT2D eigenvalue weighted by atomic mass is 10.1. The molecule has 0 aliphatic carbocycles. The number of ether oxygens (including phenoxy) is 2. The number of hydrogen-bond donors (Lipinski definition) is 2. The highest BCUT2D eigenvalue weighted by atomic mass is 16.7. The van der Waals surface area contributed by atoms with Crippen LogP contribution in [0.15, 0.2) is 30.3 Å². The Morgan fingerprint density at radius 3 is 2.57 bits per heavy atom. The molecular formula is C16H26N2O3. The van der Waals surface area contributed by atoms with Gasteiger partial charge in [-0.2, -0.15) is 0 Å². The molecule has 0 spiro atoms. The number of aliphatic hydroxyl groups is 1. The lowest BCUT2D eigenvalue weighted by Gasteiger charge is -2.26. The second kappa shape index (κ2) is 8.46. The van der Waals surface area contributed by atoms with Gasteiger partial charge in [-0.1, -0.05) is 30.3 Å². The number of β-amino-alcohol motifs (C(OH)–C–C–N with tert-alkyl or cyclic N) is 1. The third-order valence-electron chi connectivity index (χ3n) is 3.95. The molecule has 21 heavy (non-hydrogen) atoms. The molecule has 2 atom stereocenters. The minimum absolute atomic E-state index is 0.188. The fourth-order valence-electron chi connectivity index (χ4n) is 2.71. The van der Waals surface area contributed by atoms with E-state index in [1.165, 1.54) is 5.56 Å². The first-order valence-electron chi connectivity index (χ1n) is 7.47. The minimum Gasteiger partial charge on any atom is -0.392 e. The van der Waals surface area contributed by atoms with Gasteiger partial charge in [0, 0.05) is 46.4 Å². The zero-order valence-corrected chi connectivity index (χ0v) is 12.9. The molecule has 1 unspecified atom stereocenters. The van der Waals surface area contributed by atoms with E-state index < -0.39 is 0 Å². The average molecular weight is 294 g/mol. The van der Waals surface area contributed by atoms with Gasteiger partial charge < -0.3 is 19.9 Å². The van der Waals surface area contributed by atoms with Crippen LogP contribution in [0.1, 0.15) is 18.0 Å². The highest BCUT2D eigenvalue weighted by molar-refractivity contribution is 5.19. The normalized spacial score (nSPS) is 21.0. The van der Waals surface area contributed by atoms with Crippen molar-refractivity contribution < 1.29 is 14.6 Å². The number of nitrogens with one attached hydrogen (secondary N) is 1. The number of methoxy groups -OCH3 is 2. The Kier molecular flexibility index (Phi) is 6.60. The topological polar surface area (TPSA) is 54.0 Å². The number of nitrogens with zero attached hydrogens (tertiary/aromatic N) is 1. The summed E-state index contributed by atoms with van der Waals surface area (Å²) in [5, 5.41) is 13.2. The SMILES string of the molecule is COC(CNC(CN1CC[C@H](O)C1)c1ccccc1)OC. The molecule has 0 bridgehead atoms. The Morgan fingerprint density at radius 1 is 1.29 bits per heavy atom.